The summed E-state index contributed by atoms with van der Waals surface area (Å²) in [6.45, 7) is 2.15. The van der Waals surface area contributed by atoms with Crippen LogP contribution in [0.2, 0.25) is 0 Å². The molecule has 2 rings (SSSR count). The van der Waals surface area contributed by atoms with Crippen molar-refractivity contribution in [3.05, 3.63) is 47.5 Å². The van der Waals surface area contributed by atoms with Gasteiger partial charge in [-0.05, 0) is 25.7 Å². The van der Waals surface area contributed by atoms with E-state index >= 15 is 0 Å². The Morgan fingerprint density at radius 3 is 2.67 bits per heavy atom. The first-order valence-corrected chi connectivity index (χ1v) is 5.51. The molecular weight excluding hydrogens is 184 g/mol. The minimum atomic E-state index is 0.270. The van der Waals surface area contributed by atoms with Gasteiger partial charge >= 0.3 is 0 Å². The molecular formula is C14H16O. The number of ketones is 1. The lowest BCUT2D eigenvalue weighted by Gasteiger charge is -2.05. The lowest BCUT2D eigenvalue weighted by Crippen LogP contribution is -2.04. The normalized spacial score (nSPS) is 20.1. The summed E-state index contributed by atoms with van der Waals surface area (Å²) in [5.41, 5.74) is 2.27. The van der Waals surface area contributed by atoms with Crippen molar-refractivity contribution < 1.29 is 4.79 Å². The second kappa shape index (κ2) is 4.43. The Morgan fingerprint density at radius 1 is 1.33 bits per heavy atom. The third-order valence-electron chi connectivity index (χ3n) is 2.97. The maximum atomic E-state index is 11.9. The summed E-state index contributed by atoms with van der Waals surface area (Å²) in [6.07, 6.45) is 5.22. The van der Waals surface area contributed by atoms with Crippen molar-refractivity contribution in [2.24, 2.45) is 5.92 Å². The first-order chi connectivity index (χ1) is 7.25. The monoisotopic (exact) mass is 200 g/mol. The van der Waals surface area contributed by atoms with Gasteiger partial charge in [0.1, 0.15) is 0 Å². The molecule has 1 heteroatoms. The zero-order chi connectivity index (χ0) is 10.7. The van der Waals surface area contributed by atoms with Crippen molar-refractivity contribution in [1.82, 2.24) is 0 Å². The Labute approximate surface area is 90.8 Å². The molecule has 1 aliphatic carbocycles. The number of carbonyl (C=O) groups is 1. The lowest BCUT2D eigenvalue weighted by atomic mass is 9.98. The molecule has 0 N–H and O–H groups in total. The summed E-state index contributed by atoms with van der Waals surface area (Å²) in [4.78, 5) is 11.9. The van der Waals surface area contributed by atoms with Gasteiger partial charge < -0.3 is 0 Å². The molecule has 1 aromatic rings. The van der Waals surface area contributed by atoms with Crippen LogP contribution in [0.15, 0.2) is 42.0 Å². The highest BCUT2D eigenvalue weighted by atomic mass is 16.1. The predicted molar refractivity (Wildman–Crippen MR) is 61.9 cm³/mol. The van der Waals surface area contributed by atoms with Crippen LogP contribution in [0.1, 0.15) is 36.5 Å². The van der Waals surface area contributed by atoms with Gasteiger partial charge in [0, 0.05) is 12.0 Å². The van der Waals surface area contributed by atoms with E-state index in [2.05, 4.69) is 13.0 Å². The van der Waals surface area contributed by atoms with E-state index < -0.39 is 0 Å². The SMILES string of the molecule is CC1=CC(CC(=O)c2ccccc2)CC1. The first-order valence-electron chi connectivity index (χ1n) is 5.51. The molecule has 0 bridgehead atoms. The van der Waals surface area contributed by atoms with Crippen LogP contribution in [0.25, 0.3) is 0 Å². The smallest absolute Gasteiger partial charge is 0.163 e. The van der Waals surface area contributed by atoms with Crippen molar-refractivity contribution in [3.63, 3.8) is 0 Å². The van der Waals surface area contributed by atoms with E-state index in [1.807, 2.05) is 30.3 Å². The maximum Gasteiger partial charge on any atom is 0.163 e. The summed E-state index contributed by atoms with van der Waals surface area (Å²) in [6, 6.07) is 9.57. The van der Waals surface area contributed by atoms with Crippen molar-refractivity contribution >= 4 is 5.78 Å². The van der Waals surface area contributed by atoms with Crippen LogP contribution in [0.5, 0.6) is 0 Å². The molecule has 1 atom stereocenters. The fourth-order valence-corrected chi connectivity index (χ4v) is 2.12. The molecule has 15 heavy (non-hydrogen) atoms. The Balaban J connectivity index is 1.99. The van der Waals surface area contributed by atoms with E-state index in [-0.39, 0.29) is 5.78 Å². The van der Waals surface area contributed by atoms with Crippen LogP contribution >= 0.6 is 0 Å². The lowest BCUT2D eigenvalue weighted by molar-refractivity contribution is 0.0969. The molecule has 0 aromatic heterocycles. The van der Waals surface area contributed by atoms with Gasteiger partial charge in [0.15, 0.2) is 5.78 Å². The van der Waals surface area contributed by atoms with Crippen molar-refractivity contribution in [1.29, 1.82) is 0 Å². The Hall–Kier alpha value is -1.37. The standard InChI is InChI=1S/C14H16O/c1-11-7-8-12(9-11)10-14(15)13-5-3-2-4-6-13/h2-6,9,12H,7-8,10H2,1H3. The molecule has 0 saturated heterocycles. The molecule has 0 radical (unpaired) electrons. The molecule has 1 unspecified atom stereocenters. The number of benzene rings is 1. The highest BCUT2D eigenvalue weighted by molar-refractivity contribution is 5.96. The van der Waals surface area contributed by atoms with Crippen LogP contribution in [-0.4, -0.2) is 5.78 Å². The average molecular weight is 200 g/mol. The third-order valence-corrected chi connectivity index (χ3v) is 2.97. The van der Waals surface area contributed by atoms with Gasteiger partial charge in [0.25, 0.3) is 0 Å². The quantitative estimate of drug-likeness (QED) is 0.538. The fourth-order valence-electron chi connectivity index (χ4n) is 2.12. The Morgan fingerprint density at radius 2 is 2.07 bits per heavy atom. The van der Waals surface area contributed by atoms with Gasteiger partial charge in [-0.15, -0.1) is 0 Å². The summed E-state index contributed by atoms with van der Waals surface area (Å²) in [5, 5.41) is 0. The van der Waals surface area contributed by atoms with Crippen LogP contribution in [0.3, 0.4) is 0 Å². The second-order valence-corrected chi connectivity index (χ2v) is 4.31. The highest BCUT2D eigenvalue weighted by Gasteiger charge is 2.17. The summed E-state index contributed by atoms with van der Waals surface area (Å²) in [5.74, 6) is 0.740. The zero-order valence-electron chi connectivity index (χ0n) is 9.07. The number of hydrogen-bond donors (Lipinski definition) is 0. The van der Waals surface area contributed by atoms with Gasteiger partial charge in [-0.2, -0.15) is 0 Å². The molecule has 0 saturated carbocycles. The zero-order valence-corrected chi connectivity index (χ0v) is 9.07. The predicted octanol–water partition coefficient (Wildman–Crippen LogP) is 3.62. The Bertz CT molecular complexity index is 376. The van der Waals surface area contributed by atoms with Gasteiger partial charge in [0.05, 0.1) is 0 Å². The van der Waals surface area contributed by atoms with E-state index in [1.165, 1.54) is 5.57 Å². The molecule has 1 aromatic carbocycles. The van der Waals surface area contributed by atoms with Gasteiger partial charge in [-0.3, -0.25) is 4.79 Å². The third kappa shape index (κ3) is 2.56. The summed E-state index contributed by atoms with van der Waals surface area (Å²) >= 11 is 0. The molecule has 0 heterocycles. The summed E-state index contributed by atoms with van der Waals surface area (Å²) in [7, 11) is 0. The van der Waals surface area contributed by atoms with E-state index in [1.54, 1.807) is 0 Å². The molecule has 0 fully saturated rings. The maximum absolute atomic E-state index is 11.9. The average Bonchev–Trinajstić information content (AvgIpc) is 2.65. The first kappa shape index (κ1) is 10.2. The Kier molecular flexibility index (Phi) is 3.00. The molecule has 0 aliphatic heterocycles. The molecule has 1 nitrogen and oxygen atoms in total. The number of allylic oxidation sites excluding steroid dienone is 2. The number of carbonyl (C=O) groups excluding carboxylic acids is 1. The van der Waals surface area contributed by atoms with Gasteiger partial charge in [-0.25, -0.2) is 0 Å². The second-order valence-electron chi connectivity index (χ2n) is 4.31. The van der Waals surface area contributed by atoms with Crippen molar-refractivity contribution in [2.75, 3.05) is 0 Å². The van der Waals surface area contributed by atoms with E-state index in [0.29, 0.717) is 12.3 Å². The molecule has 0 spiro atoms. The minimum Gasteiger partial charge on any atom is -0.294 e. The van der Waals surface area contributed by atoms with Crippen LogP contribution in [-0.2, 0) is 0 Å². The van der Waals surface area contributed by atoms with E-state index in [0.717, 1.165) is 18.4 Å². The van der Waals surface area contributed by atoms with Gasteiger partial charge in [-0.1, -0.05) is 42.0 Å². The summed E-state index contributed by atoms with van der Waals surface area (Å²) < 4.78 is 0. The van der Waals surface area contributed by atoms with Crippen LogP contribution in [0.4, 0.5) is 0 Å². The van der Waals surface area contributed by atoms with E-state index in [9.17, 15) is 4.79 Å². The van der Waals surface area contributed by atoms with Crippen molar-refractivity contribution in [3.8, 4) is 0 Å². The van der Waals surface area contributed by atoms with Gasteiger partial charge in [0.2, 0.25) is 0 Å². The van der Waals surface area contributed by atoms with Crippen LogP contribution < -0.4 is 0 Å². The molecule has 1 aliphatic rings. The topological polar surface area (TPSA) is 17.1 Å². The highest BCUT2D eigenvalue weighted by Crippen LogP contribution is 2.27. The largest absolute Gasteiger partial charge is 0.294 e. The number of Topliss-reactive ketones (excluding diaryl/α,β-unsaturated/α-hetero) is 1. The fraction of sp³-hybridized carbons (Fsp3) is 0.357. The van der Waals surface area contributed by atoms with Crippen molar-refractivity contribution in [2.45, 2.75) is 26.2 Å². The minimum absolute atomic E-state index is 0.270. The van der Waals surface area contributed by atoms with Crippen LogP contribution in [0, 0.1) is 5.92 Å². The van der Waals surface area contributed by atoms with E-state index in [4.69, 9.17) is 0 Å². The molecule has 78 valence electrons. The molecule has 0 amide bonds. The number of hydrogen-bond acceptors (Lipinski definition) is 1. The number of rotatable bonds is 3.